The van der Waals surface area contributed by atoms with E-state index in [4.69, 9.17) is 4.74 Å². The maximum absolute atomic E-state index is 5.35. The van der Waals surface area contributed by atoms with Gasteiger partial charge in [-0.05, 0) is 48.9 Å². The Labute approximate surface area is 129 Å². The van der Waals surface area contributed by atoms with E-state index in [1.807, 2.05) is 0 Å². The van der Waals surface area contributed by atoms with Crippen LogP contribution in [0, 0.1) is 12.8 Å². The standard InChI is InChI=1S/C18H30N2O/c1-14(2)5-8-18(20-11-9-19-10-12-20)17-7-6-16(21-4)13-15(17)3/h6-7,13-14,18-19H,5,8-12H2,1-4H3/t18-/m1/s1. The van der Waals surface area contributed by atoms with Crippen molar-refractivity contribution in [2.45, 2.75) is 39.7 Å². The molecule has 21 heavy (non-hydrogen) atoms. The van der Waals surface area contributed by atoms with Crippen LogP contribution in [0.4, 0.5) is 0 Å². The molecule has 1 aliphatic heterocycles. The molecule has 1 atom stereocenters. The molecule has 0 amide bonds. The van der Waals surface area contributed by atoms with E-state index in [1.54, 1.807) is 7.11 Å². The number of rotatable bonds is 6. The minimum Gasteiger partial charge on any atom is -0.497 e. The number of nitrogens with one attached hydrogen (secondary N) is 1. The summed E-state index contributed by atoms with van der Waals surface area (Å²) in [4.78, 5) is 2.65. The monoisotopic (exact) mass is 290 g/mol. The van der Waals surface area contributed by atoms with Crippen LogP contribution in [0.1, 0.15) is 43.9 Å². The van der Waals surface area contributed by atoms with Crippen molar-refractivity contribution in [2.24, 2.45) is 5.92 Å². The van der Waals surface area contributed by atoms with Crippen LogP contribution in [0.2, 0.25) is 0 Å². The number of methoxy groups -OCH3 is 1. The van der Waals surface area contributed by atoms with Gasteiger partial charge in [-0.25, -0.2) is 0 Å². The number of ether oxygens (including phenoxy) is 1. The summed E-state index contributed by atoms with van der Waals surface area (Å²) in [5.41, 5.74) is 2.82. The van der Waals surface area contributed by atoms with Crippen LogP contribution < -0.4 is 10.1 Å². The van der Waals surface area contributed by atoms with Gasteiger partial charge in [0.1, 0.15) is 5.75 Å². The molecular weight excluding hydrogens is 260 g/mol. The summed E-state index contributed by atoms with van der Waals surface area (Å²) < 4.78 is 5.35. The molecule has 1 aliphatic rings. The zero-order valence-corrected chi connectivity index (χ0v) is 14.0. The molecule has 0 bridgehead atoms. The minimum absolute atomic E-state index is 0.542. The van der Waals surface area contributed by atoms with Crippen molar-refractivity contribution in [1.29, 1.82) is 0 Å². The van der Waals surface area contributed by atoms with Gasteiger partial charge in [-0.1, -0.05) is 19.9 Å². The summed E-state index contributed by atoms with van der Waals surface area (Å²) in [6.07, 6.45) is 2.52. The molecule has 0 aromatic heterocycles. The fraction of sp³-hybridized carbons (Fsp3) is 0.667. The lowest BCUT2D eigenvalue weighted by Gasteiger charge is -2.36. The van der Waals surface area contributed by atoms with Crippen LogP contribution in [-0.2, 0) is 0 Å². The Kier molecular flexibility index (Phi) is 6.07. The third-order valence-corrected chi connectivity index (χ3v) is 4.45. The van der Waals surface area contributed by atoms with Crippen LogP contribution in [0.3, 0.4) is 0 Å². The molecular formula is C18H30N2O. The molecule has 1 N–H and O–H groups in total. The molecule has 3 heteroatoms. The molecule has 1 aromatic rings. The summed E-state index contributed by atoms with van der Waals surface area (Å²) in [5, 5.41) is 3.46. The number of benzene rings is 1. The van der Waals surface area contributed by atoms with Gasteiger partial charge in [0.25, 0.3) is 0 Å². The molecule has 1 saturated heterocycles. The predicted octanol–water partition coefficient (Wildman–Crippen LogP) is 3.39. The van der Waals surface area contributed by atoms with Crippen molar-refractivity contribution in [2.75, 3.05) is 33.3 Å². The zero-order chi connectivity index (χ0) is 15.2. The largest absolute Gasteiger partial charge is 0.497 e. The highest BCUT2D eigenvalue weighted by Gasteiger charge is 2.23. The number of nitrogens with zero attached hydrogens (tertiary/aromatic N) is 1. The Balaban J connectivity index is 2.20. The molecule has 1 aromatic carbocycles. The van der Waals surface area contributed by atoms with Gasteiger partial charge in [-0.3, -0.25) is 4.90 Å². The summed E-state index contributed by atoms with van der Waals surface area (Å²) in [7, 11) is 1.74. The van der Waals surface area contributed by atoms with Crippen molar-refractivity contribution in [3.63, 3.8) is 0 Å². The minimum atomic E-state index is 0.542. The highest BCUT2D eigenvalue weighted by Crippen LogP contribution is 2.31. The van der Waals surface area contributed by atoms with Crippen LogP contribution in [-0.4, -0.2) is 38.2 Å². The normalized spacial score (nSPS) is 18.0. The molecule has 0 aliphatic carbocycles. The lowest BCUT2D eigenvalue weighted by atomic mass is 9.93. The van der Waals surface area contributed by atoms with Gasteiger partial charge in [0.15, 0.2) is 0 Å². The van der Waals surface area contributed by atoms with Crippen LogP contribution >= 0.6 is 0 Å². The van der Waals surface area contributed by atoms with Gasteiger partial charge in [0.2, 0.25) is 0 Å². The average Bonchev–Trinajstić information content (AvgIpc) is 2.49. The van der Waals surface area contributed by atoms with Crippen molar-refractivity contribution in [3.05, 3.63) is 29.3 Å². The van der Waals surface area contributed by atoms with Crippen LogP contribution in [0.5, 0.6) is 5.75 Å². The fourth-order valence-electron chi connectivity index (χ4n) is 3.17. The molecule has 3 nitrogen and oxygen atoms in total. The van der Waals surface area contributed by atoms with Gasteiger partial charge in [0.05, 0.1) is 7.11 Å². The number of piperazine rings is 1. The fourth-order valence-corrected chi connectivity index (χ4v) is 3.17. The molecule has 0 saturated carbocycles. The van der Waals surface area contributed by atoms with E-state index in [0.717, 1.165) is 37.8 Å². The smallest absolute Gasteiger partial charge is 0.119 e. The topological polar surface area (TPSA) is 24.5 Å². The van der Waals surface area contributed by atoms with E-state index in [9.17, 15) is 0 Å². The van der Waals surface area contributed by atoms with Crippen molar-refractivity contribution >= 4 is 0 Å². The first-order valence-electron chi connectivity index (χ1n) is 8.21. The molecule has 0 spiro atoms. The van der Waals surface area contributed by atoms with E-state index in [0.29, 0.717) is 6.04 Å². The van der Waals surface area contributed by atoms with Crippen molar-refractivity contribution in [3.8, 4) is 5.75 Å². The number of aryl methyl sites for hydroxylation is 1. The third kappa shape index (κ3) is 4.45. The maximum Gasteiger partial charge on any atom is 0.119 e. The summed E-state index contributed by atoms with van der Waals surface area (Å²) in [5.74, 6) is 1.72. The van der Waals surface area contributed by atoms with Crippen molar-refractivity contribution in [1.82, 2.24) is 10.2 Å². The Morgan fingerprint density at radius 2 is 1.90 bits per heavy atom. The molecule has 1 heterocycles. The molecule has 0 radical (unpaired) electrons. The van der Waals surface area contributed by atoms with Crippen LogP contribution in [0.25, 0.3) is 0 Å². The number of hydrogen-bond acceptors (Lipinski definition) is 3. The van der Waals surface area contributed by atoms with Gasteiger partial charge in [-0.15, -0.1) is 0 Å². The predicted molar refractivity (Wildman–Crippen MR) is 89.0 cm³/mol. The Morgan fingerprint density at radius 3 is 2.48 bits per heavy atom. The third-order valence-electron chi connectivity index (χ3n) is 4.45. The highest BCUT2D eigenvalue weighted by atomic mass is 16.5. The number of hydrogen-bond donors (Lipinski definition) is 1. The first-order chi connectivity index (χ1) is 10.1. The van der Waals surface area contributed by atoms with Crippen LogP contribution in [0.15, 0.2) is 18.2 Å². The SMILES string of the molecule is COc1ccc([C@@H](CCC(C)C)N2CCNCC2)c(C)c1. The summed E-state index contributed by atoms with van der Waals surface area (Å²) in [6, 6.07) is 7.08. The maximum atomic E-state index is 5.35. The van der Waals surface area contributed by atoms with Crippen molar-refractivity contribution < 1.29 is 4.74 Å². The van der Waals surface area contributed by atoms with E-state index in [-0.39, 0.29) is 0 Å². The lowest BCUT2D eigenvalue weighted by Crippen LogP contribution is -2.45. The second-order valence-electron chi connectivity index (χ2n) is 6.50. The second kappa shape index (κ2) is 7.81. The Bertz CT molecular complexity index is 439. The van der Waals surface area contributed by atoms with Gasteiger partial charge < -0.3 is 10.1 Å². The van der Waals surface area contributed by atoms with E-state index >= 15 is 0 Å². The van der Waals surface area contributed by atoms with Gasteiger partial charge in [0, 0.05) is 32.2 Å². The van der Waals surface area contributed by atoms with E-state index < -0.39 is 0 Å². The highest BCUT2D eigenvalue weighted by molar-refractivity contribution is 5.36. The lowest BCUT2D eigenvalue weighted by molar-refractivity contribution is 0.159. The van der Waals surface area contributed by atoms with Gasteiger partial charge >= 0.3 is 0 Å². The quantitative estimate of drug-likeness (QED) is 0.869. The zero-order valence-electron chi connectivity index (χ0n) is 14.0. The second-order valence-corrected chi connectivity index (χ2v) is 6.50. The van der Waals surface area contributed by atoms with Gasteiger partial charge in [-0.2, -0.15) is 0 Å². The first-order valence-corrected chi connectivity index (χ1v) is 8.21. The Hall–Kier alpha value is -1.06. The first kappa shape index (κ1) is 16.3. The molecule has 2 rings (SSSR count). The van der Waals surface area contributed by atoms with E-state index in [2.05, 4.69) is 49.2 Å². The molecule has 118 valence electrons. The van der Waals surface area contributed by atoms with E-state index in [1.165, 1.54) is 24.0 Å². The molecule has 1 fully saturated rings. The Morgan fingerprint density at radius 1 is 1.19 bits per heavy atom. The summed E-state index contributed by atoms with van der Waals surface area (Å²) >= 11 is 0. The summed E-state index contributed by atoms with van der Waals surface area (Å²) in [6.45, 7) is 11.3. The average molecular weight is 290 g/mol. The molecule has 0 unspecified atom stereocenters.